The summed E-state index contributed by atoms with van der Waals surface area (Å²) in [5.41, 5.74) is 1.05. The highest BCUT2D eigenvalue weighted by atomic mass is 16.4. The number of unbranched alkanes of at least 4 members (excludes halogenated alkanes) is 1. The number of rotatable bonds is 9. The van der Waals surface area contributed by atoms with E-state index in [9.17, 15) is 14.7 Å². The maximum atomic E-state index is 11.7. The van der Waals surface area contributed by atoms with Gasteiger partial charge in [0.25, 0.3) is 0 Å². The van der Waals surface area contributed by atoms with E-state index in [0.717, 1.165) is 5.56 Å². The predicted molar refractivity (Wildman–Crippen MR) is 75.3 cm³/mol. The van der Waals surface area contributed by atoms with Crippen LogP contribution >= 0.6 is 0 Å². The molecule has 5 nitrogen and oxygen atoms in total. The Bertz CT molecular complexity index is 419. The molecule has 110 valence electrons. The van der Waals surface area contributed by atoms with Crippen molar-refractivity contribution in [2.75, 3.05) is 6.61 Å². The standard InChI is InChI=1S/C15H21NO4/c17-11-13(10-12-6-2-1-3-7-12)16-14(18)8-4-5-9-15(19)20/h1-3,6-7,13,17H,4-5,8-11H2,(H,16,18)(H,19,20)/t13-/m0/s1. The molecule has 0 radical (unpaired) electrons. The molecular weight excluding hydrogens is 258 g/mol. The molecule has 0 aliphatic heterocycles. The largest absolute Gasteiger partial charge is 0.481 e. The molecule has 0 unspecified atom stereocenters. The maximum Gasteiger partial charge on any atom is 0.303 e. The molecule has 1 aromatic carbocycles. The molecule has 3 N–H and O–H groups in total. The average molecular weight is 279 g/mol. The van der Waals surface area contributed by atoms with Crippen molar-refractivity contribution in [2.45, 2.75) is 38.1 Å². The molecule has 1 amide bonds. The van der Waals surface area contributed by atoms with Gasteiger partial charge in [0.15, 0.2) is 0 Å². The first-order valence-corrected chi connectivity index (χ1v) is 6.77. The van der Waals surface area contributed by atoms with Crippen LogP contribution in [0.4, 0.5) is 0 Å². The summed E-state index contributed by atoms with van der Waals surface area (Å²) in [5.74, 6) is -0.993. The fourth-order valence-corrected chi connectivity index (χ4v) is 1.92. The quantitative estimate of drug-likeness (QED) is 0.596. The summed E-state index contributed by atoms with van der Waals surface area (Å²) < 4.78 is 0. The summed E-state index contributed by atoms with van der Waals surface area (Å²) in [6.07, 6.45) is 1.99. The minimum absolute atomic E-state index is 0.0841. The van der Waals surface area contributed by atoms with Crippen molar-refractivity contribution in [1.82, 2.24) is 5.32 Å². The number of amides is 1. The molecule has 0 heterocycles. The third-order valence-corrected chi connectivity index (χ3v) is 2.95. The summed E-state index contributed by atoms with van der Waals surface area (Å²) in [6.45, 7) is -0.115. The lowest BCUT2D eigenvalue weighted by atomic mass is 10.1. The molecule has 0 spiro atoms. The average Bonchev–Trinajstić information content (AvgIpc) is 2.44. The molecule has 1 rings (SSSR count). The topological polar surface area (TPSA) is 86.6 Å². The van der Waals surface area contributed by atoms with Gasteiger partial charge in [0.1, 0.15) is 0 Å². The highest BCUT2D eigenvalue weighted by molar-refractivity contribution is 5.76. The maximum absolute atomic E-state index is 11.7. The number of carboxylic acids is 1. The zero-order chi connectivity index (χ0) is 14.8. The number of carbonyl (C=O) groups is 2. The molecule has 0 saturated heterocycles. The number of aliphatic hydroxyl groups is 1. The zero-order valence-corrected chi connectivity index (χ0v) is 11.4. The molecule has 0 fully saturated rings. The number of benzene rings is 1. The van der Waals surface area contributed by atoms with Crippen LogP contribution < -0.4 is 5.32 Å². The fourth-order valence-electron chi connectivity index (χ4n) is 1.92. The second-order valence-corrected chi connectivity index (χ2v) is 4.74. The minimum Gasteiger partial charge on any atom is -0.481 e. The first-order chi connectivity index (χ1) is 9.61. The Kier molecular flexibility index (Phi) is 7.35. The number of carboxylic acid groups (broad SMARTS) is 1. The van der Waals surface area contributed by atoms with Crippen LogP contribution in [0.15, 0.2) is 30.3 Å². The van der Waals surface area contributed by atoms with Gasteiger partial charge in [-0.15, -0.1) is 0 Å². The van der Waals surface area contributed by atoms with Gasteiger partial charge in [-0.2, -0.15) is 0 Å². The lowest BCUT2D eigenvalue weighted by molar-refractivity contribution is -0.137. The van der Waals surface area contributed by atoms with Crippen LogP contribution in [0.5, 0.6) is 0 Å². The van der Waals surface area contributed by atoms with Crippen molar-refractivity contribution in [3.8, 4) is 0 Å². The van der Waals surface area contributed by atoms with E-state index in [1.807, 2.05) is 30.3 Å². The van der Waals surface area contributed by atoms with Crippen LogP contribution in [0.25, 0.3) is 0 Å². The van der Waals surface area contributed by atoms with Gasteiger partial charge < -0.3 is 15.5 Å². The normalized spacial score (nSPS) is 11.8. The molecule has 20 heavy (non-hydrogen) atoms. The molecule has 5 heteroatoms. The van der Waals surface area contributed by atoms with E-state index in [0.29, 0.717) is 25.7 Å². The summed E-state index contributed by atoms with van der Waals surface area (Å²) >= 11 is 0. The van der Waals surface area contributed by atoms with Crippen LogP contribution in [0.1, 0.15) is 31.2 Å². The number of nitrogens with one attached hydrogen (secondary N) is 1. The van der Waals surface area contributed by atoms with E-state index in [1.54, 1.807) is 0 Å². The molecule has 0 bridgehead atoms. The Labute approximate surface area is 118 Å². The number of hydrogen-bond acceptors (Lipinski definition) is 3. The van der Waals surface area contributed by atoms with Gasteiger partial charge in [-0.3, -0.25) is 9.59 Å². The van der Waals surface area contributed by atoms with Crippen molar-refractivity contribution in [1.29, 1.82) is 0 Å². The Morgan fingerprint density at radius 3 is 2.35 bits per heavy atom. The molecule has 0 aliphatic rings. The first-order valence-electron chi connectivity index (χ1n) is 6.77. The van der Waals surface area contributed by atoms with E-state index < -0.39 is 5.97 Å². The number of aliphatic hydroxyl groups excluding tert-OH is 1. The molecular formula is C15H21NO4. The Morgan fingerprint density at radius 2 is 1.75 bits per heavy atom. The molecule has 1 atom stereocenters. The van der Waals surface area contributed by atoms with Crippen LogP contribution in [-0.2, 0) is 16.0 Å². The van der Waals surface area contributed by atoms with E-state index in [4.69, 9.17) is 5.11 Å². The van der Waals surface area contributed by atoms with E-state index in [-0.39, 0.29) is 25.0 Å². The van der Waals surface area contributed by atoms with E-state index >= 15 is 0 Å². The smallest absolute Gasteiger partial charge is 0.303 e. The van der Waals surface area contributed by atoms with Crippen LogP contribution in [0, 0.1) is 0 Å². The molecule has 0 aromatic heterocycles. The van der Waals surface area contributed by atoms with Crippen molar-refractivity contribution in [3.63, 3.8) is 0 Å². The summed E-state index contributed by atoms with van der Waals surface area (Å²) in [7, 11) is 0. The van der Waals surface area contributed by atoms with Crippen LogP contribution in [0.3, 0.4) is 0 Å². The summed E-state index contributed by atoms with van der Waals surface area (Å²) in [5, 5.41) is 20.5. The van der Waals surface area contributed by atoms with Gasteiger partial charge in [0.05, 0.1) is 12.6 Å². The van der Waals surface area contributed by atoms with Crippen molar-refractivity contribution < 1.29 is 19.8 Å². The van der Waals surface area contributed by atoms with Crippen LogP contribution in [0.2, 0.25) is 0 Å². The molecule has 0 aliphatic carbocycles. The van der Waals surface area contributed by atoms with Crippen molar-refractivity contribution in [2.24, 2.45) is 0 Å². The fraction of sp³-hybridized carbons (Fsp3) is 0.467. The van der Waals surface area contributed by atoms with Gasteiger partial charge in [-0.1, -0.05) is 30.3 Å². The van der Waals surface area contributed by atoms with Crippen LogP contribution in [-0.4, -0.2) is 34.7 Å². The minimum atomic E-state index is -0.845. The van der Waals surface area contributed by atoms with Gasteiger partial charge in [0.2, 0.25) is 5.91 Å². The predicted octanol–water partition coefficient (Wildman–Crippen LogP) is 1.35. The Hall–Kier alpha value is -1.88. The molecule has 0 saturated carbocycles. The zero-order valence-electron chi connectivity index (χ0n) is 11.4. The summed E-state index contributed by atoms with van der Waals surface area (Å²) in [4.78, 5) is 22.0. The highest BCUT2D eigenvalue weighted by Gasteiger charge is 2.12. The Balaban J connectivity index is 2.29. The van der Waals surface area contributed by atoms with Crippen molar-refractivity contribution in [3.05, 3.63) is 35.9 Å². The first kappa shape index (κ1) is 16.2. The number of carbonyl (C=O) groups excluding carboxylic acids is 1. The highest BCUT2D eigenvalue weighted by Crippen LogP contribution is 2.04. The Morgan fingerprint density at radius 1 is 1.10 bits per heavy atom. The SMILES string of the molecule is O=C(O)CCCCC(=O)N[C@H](CO)Cc1ccccc1. The summed E-state index contributed by atoms with van der Waals surface area (Å²) in [6, 6.07) is 9.33. The van der Waals surface area contributed by atoms with Crippen molar-refractivity contribution >= 4 is 11.9 Å². The lowest BCUT2D eigenvalue weighted by Gasteiger charge is -2.16. The number of hydrogen-bond donors (Lipinski definition) is 3. The monoisotopic (exact) mass is 279 g/mol. The van der Waals surface area contributed by atoms with Gasteiger partial charge in [0, 0.05) is 12.8 Å². The van der Waals surface area contributed by atoms with Gasteiger partial charge >= 0.3 is 5.97 Å². The number of aliphatic carboxylic acids is 1. The van der Waals surface area contributed by atoms with E-state index in [2.05, 4.69) is 5.32 Å². The van der Waals surface area contributed by atoms with Gasteiger partial charge in [-0.05, 0) is 24.8 Å². The second kappa shape index (κ2) is 9.09. The third-order valence-electron chi connectivity index (χ3n) is 2.95. The second-order valence-electron chi connectivity index (χ2n) is 4.74. The van der Waals surface area contributed by atoms with Gasteiger partial charge in [-0.25, -0.2) is 0 Å². The van der Waals surface area contributed by atoms with E-state index in [1.165, 1.54) is 0 Å². The molecule has 1 aromatic rings. The lowest BCUT2D eigenvalue weighted by Crippen LogP contribution is -2.38. The third kappa shape index (κ3) is 6.89.